The van der Waals surface area contributed by atoms with Gasteiger partial charge in [0, 0.05) is 0 Å². The molecule has 4 fully saturated rings. The van der Waals surface area contributed by atoms with Gasteiger partial charge in [-0.25, -0.2) is 4.89 Å². The van der Waals surface area contributed by atoms with Crippen LogP contribution in [0.5, 0.6) is 0 Å². The fraction of sp³-hybridized carbons (Fsp3) is 0.833. The molecule has 4 saturated carbocycles. The van der Waals surface area contributed by atoms with Crippen molar-refractivity contribution in [2.45, 2.75) is 37.7 Å². The van der Waals surface area contributed by atoms with Crippen molar-refractivity contribution in [3.63, 3.8) is 0 Å². The van der Waals surface area contributed by atoms with E-state index < -0.39 is 5.60 Å². The van der Waals surface area contributed by atoms with Crippen LogP contribution in [0.15, 0.2) is 12.7 Å². The van der Waals surface area contributed by atoms with Crippen LogP contribution in [0, 0.1) is 23.7 Å². The van der Waals surface area contributed by atoms with Gasteiger partial charge < -0.3 is 0 Å². The molecule has 2 heteroatoms. The molecule has 14 heavy (non-hydrogen) atoms. The maximum Gasteiger partial charge on any atom is 0.127 e. The van der Waals surface area contributed by atoms with E-state index in [1.54, 1.807) is 0 Å². The molecule has 4 aliphatic rings. The fourth-order valence-electron chi connectivity index (χ4n) is 4.44. The molecular weight excluding hydrogens is 176 g/mol. The lowest BCUT2D eigenvalue weighted by Crippen LogP contribution is -2.57. The van der Waals surface area contributed by atoms with E-state index in [9.17, 15) is 5.26 Å². The number of hydrogen-bond donors (Lipinski definition) is 1. The Hall–Kier alpha value is -0.340. The number of hydrogen-bond acceptors (Lipinski definition) is 2. The first kappa shape index (κ1) is 8.93. The highest BCUT2D eigenvalue weighted by Crippen LogP contribution is 2.59. The second-order valence-corrected chi connectivity index (χ2v) is 5.45. The summed E-state index contributed by atoms with van der Waals surface area (Å²) in [5, 5.41) is 9.18. The van der Waals surface area contributed by atoms with Gasteiger partial charge in [0.25, 0.3) is 0 Å². The van der Waals surface area contributed by atoms with E-state index in [2.05, 4.69) is 6.58 Å². The first-order chi connectivity index (χ1) is 6.78. The lowest BCUT2D eigenvalue weighted by atomic mass is 9.50. The second kappa shape index (κ2) is 2.83. The van der Waals surface area contributed by atoms with Crippen molar-refractivity contribution >= 4 is 0 Å². The Bertz CT molecular complexity index is 231. The van der Waals surface area contributed by atoms with Crippen LogP contribution in [-0.2, 0) is 4.89 Å². The van der Waals surface area contributed by atoms with Crippen LogP contribution >= 0.6 is 0 Å². The van der Waals surface area contributed by atoms with E-state index in [4.69, 9.17) is 4.89 Å². The van der Waals surface area contributed by atoms with Gasteiger partial charge in [-0.2, -0.15) is 0 Å². The predicted octanol–water partition coefficient (Wildman–Crippen LogP) is 2.86. The largest absolute Gasteiger partial charge is 0.251 e. The molecule has 0 aromatic heterocycles. The van der Waals surface area contributed by atoms with Gasteiger partial charge >= 0.3 is 0 Å². The van der Waals surface area contributed by atoms with Gasteiger partial charge in [0.2, 0.25) is 0 Å². The molecule has 1 N–H and O–H groups in total. The molecule has 0 spiro atoms. The van der Waals surface area contributed by atoms with Gasteiger partial charge in [-0.1, -0.05) is 6.08 Å². The lowest BCUT2D eigenvalue weighted by molar-refractivity contribution is -0.357. The zero-order valence-electron chi connectivity index (χ0n) is 8.48. The smallest absolute Gasteiger partial charge is 0.127 e. The molecule has 0 unspecified atom stereocenters. The summed E-state index contributed by atoms with van der Waals surface area (Å²) in [5.41, 5.74) is -0.395. The number of rotatable bonds is 2. The molecule has 0 aliphatic heterocycles. The molecule has 0 aromatic carbocycles. The zero-order valence-corrected chi connectivity index (χ0v) is 8.48. The molecule has 0 aromatic rings. The van der Waals surface area contributed by atoms with Crippen molar-refractivity contribution in [1.82, 2.24) is 0 Å². The maximum absolute atomic E-state index is 9.18. The average molecular weight is 194 g/mol. The molecule has 0 amide bonds. The SMILES string of the molecule is C=CC1(OO)C2CC3CC(C2)CC1C3. The lowest BCUT2D eigenvalue weighted by Gasteiger charge is -2.58. The minimum absolute atomic E-state index is 0.395. The van der Waals surface area contributed by atoms with E-state index in [1.807, 2.05) is 6.08 Å². The van der Waals surface area contributed by atoms with Crippen molar-refractivity contribution in [3.05, 3.63) is 12.7 Å². The van der Waals surface area contributed by atoms with Crippen LogP contribution in [0.3, 0.4) is 0 Å². The summed E-state index contributed by atoms with van der Waals surface area (Å²) < 4.78 is 0. The third-order valence-electron chi connectivity index (χ3n) is 4.89. The summed E-state index contributed by atoms with van der Waals surface area (Å²) in [6.07, 6.45) is 8.23. The van der Waals surface area contributed by atoms with Crippen molar-refractivity contribution in [1.29, 1.82) is 0 Å². The predicted molar refractivity (Wildman–Crippen MR) is 53.7 cm³/mol. The zero-order chi connectivity index (χ0) is 9.76. The molecule has 4 rings (SSSR count). The normalized spacial score (nSPS) is 54.9. The summed E-state index contributed by atoms with van der Waals surface area (Å²) in [5.74, 6) is 2.86. The Labute approximate surface area is 84.9 Å². The Kier molecular flexibility index (Phi) is 1.80. The molecule has 4 aliphatic carbocycles. The third-order valence-corrected chi connectivity index (χ3v) is 4.89. The molecule has 0 atom stereocenters. The van der Waals surface area contributed by atoms with Crippen molar-refractivity contribution in [3.8, 4) is 0 Å². The minimum atomic E-state index is -0.395. The summed E-state index contributed by atoms with van der Waals surface area (Å²) in [6.45, 7) is 3.86. The van der Waals surface area contributed by atoms with E-state index in [0.29, 0.717) is 11.8 Å². The van der Waals surface area contributed by atoms with Gasteiger partial charge in [0.05, 0.1) is 0 Å². The maximum atomic E-state index is 9.18. The summed E-state index contributed by atoms with van der Waals surface area (Å²) >= 11 is 0. The first-order valence-corrected chi connectivity index (χ1v) is 5.74. The molecule has 0 radical (unpaired) electrons. The van der Waals surface area contributed by atoms with Crippen molar-refractivity contribution in [2.75, 3.05) is 0 Å². The van der Waals surface area contributed by atoms with Gasteiger partial charge in [0.15, 0.2) is 0 Å². The summed E-state index contributed by atoms with van der Waals surface area (Å²) in [6, 6.07) is 0. The first-order valence-electron chi connectivity index (χ1n) is 5.74. The highest BCUT2D eigenvalue weighted by Gasteiger charge is 2.57. The molecule has 4 bridgehead atoms. The van der Waals surface area contributed by atoms with Crippen LogP contribution in [0.25, 0.3) is 0 Å². The summed E-state index contributed by atoms with van der Waals surface area (Å²) in [4.78, 5) is 4.85. The Balaban J connectivity index is 1.97. The average Bonchev–Trinajstić information content (AvgIpc) is 2.18. The fourth-order valence-corrected chi connectivity index (χ4v) is 4.44. The van der Waals surface area contributed by atoms with Crippen LogP contribution in [0.4, 0.5) is 0 Å². The van der Waals surface area contributed by atoms with E-state index in [1.165, 1.54) is 32.1 Å². The van der Waals surface area contributed by atoms with E-state index in [-0.39, 0.29) is 0 Å². The third kappa shape index (κ3) is 0.934. The van der Waals surface area contributed by atoms with Crippen LogP contribution in [0.2, 0.25) is 0 Å². The molecule has 2 nitrogen and oxygen atoms in total. The monoisotopic (exact) mass is 194 g/mol. The van der Waals surface area contributed by atoms with Crippen LogP contribution in [-0.4, -0.2) is 10.9 Å². The minimum Gasteiger partial charge on any atom is -0.251 e. The van der Waals surface area contributed by atoms with Gasteiger partial charge in [0.1, 0.15) is 5.60 Å². The molecule has 0 saturated heterocycles. The Morgan fingerprint density at radius 1 is 1.07 bits per heavy atom. The van der Waals surface area contributed by atoms with Gasteiger partial charge in [-0.05, 0) is 55.8 Å². The molecular formula is C12H18O2. The van der Waals surface area contributed by atoms with Crippen molar-refractivity contribution in [2.24, 2.45) is 23.7 Å². The summed E-state index contributed by atoms with van der Waals surface area (Å²) in [7, 11) is 0. The van der Waals surface area contributed by atoms with Crippen molar-refractivity contribution < 1.29 is 10.1 Å². The van der Waals surface area contributed by atoms with E-state index >= 15 is 0 Å². The molecule has 0 heterocycles. The Morgan fingerprint density at radius 2 is 1.57 bits per heavy atom. The van der Waals surface area contributed by atoms with Gasteiger partial charge in [-0.15, -0.1) is 6.58 Å². The molecule has 78 valence electrons. The van der Waals surface area contributed by atoms with Crippen LogP contribution < -0.4 is 0 Å². The topological polar surface area (TPSA) is 29.5 Å². The standard InChI is InChI=1S/C12H18O2/c1-2-12(14-13)10-4-8-3-9(6-10)7-11(12)5-8/h2,8-11,13H,1,3-7H2. The quantitative estimate of drug-likeness (QED) is 0.416. The second-order valence-electron chi connectivity index (χ2n) is 5.45. The Morgan fingerprint density at radius 3 is 1.93 bits per heavy atom. The highest BCUT2D eigenvalue weighted by atomic mass is 17.1. The van der Waals surface area contributed by atoms with Gasteiger partial charge in [-0.3, -0.25) is 5.26 Å². The van der Waals surface area contributed by atoms with Crippen LogP contribution in [0.1, 0.15) is 32.1 Å². The highest BCUT2D eigenvalue weighted by molar-refractivity contribution is 5.14. The van der Waals surface area contributed by atoms with E-state index in [0.717, 1.165) is 11.8 Å².